The molecule has 1 heterocycles. The number of rotatable bonds is 3. The molecule has 19 heavy (non-hydrogen) atoms. The predicted molar refractivity (Wildman–Crippen MR) is 75.4 cm³/mol. The van der Waals surface area contributed by atoms with E-state index < -0.39 is 5.60 Å². The third-order valence-corrected chi connectivity index (χ3v) is 3.63. The Balaban J connectivity index is 2.61. The van der Waals surface area contributed by atoms with Crippen LogP contribution in [0.5, 0.6) is 5.75 Å². The van der Waals surface area contributed by atoms with Crippen molar-refractivity contribution in [1.82, 2.24) is 4.98 Å². The number of aryl methyl sites for hydroxylation is 1. The van der Waals surface area contributed by atoms with E-state index in [1.165, 1.54) is 0 Å². The summed E-state index contributed by atoms with van der Waals surface area (Å²) in [5.41, 5.74) is 2.56. The SMILES string of the molecule is COc1c(C(C)(O)c2cccnc2)ccc(C)c1C. The van der Waals surface area contributed by atoms with E-state index in [0.717, 1.165) is 28.0 Å². The fourth-order valence-corrected chi connectivity index (χ4v) is 2.24. The van der Waals surface area contributed by atoms with Crippen LogP contribution in [0.1, 0.15) is 29.2 Å². The van der Waals surface area contributed by atoms with Crippen LogP contribution >= 0.6 is 0 Å². The number of aromatic nitrogens is 1. The number of nitrogens with zero attached hydrogens (tertiary/aromatic N) is 1. The maximum Gasteiger partial charge on any atom is 0.128 e. The van der Waals surface area contributed by atoms with E-state index in [1.807, 2.05) is 38.1 Å². The van der Waals surface area contributed by atoms with Crippen LogP contribution in [0.4, 0.5) is 0 Å². The number of hydrogen-bond acceptors (Lipinski definition) is 3. The molecule has 1 atom stereocenters. The van der Waals surface area contributed by atoms with Gasteiger partial charge >= 0.3 is 0 Å². The minimum atomic E-state index is -1.13. The van der Waals surface area contributed by atoms with E-state index in [0.29, 0.717) is 0 Å². The highest BCUT2D eigenvalue weighted by atomic mass is 16.5. The first-order chi connectivity index (χ1) is 8.98. The number of aliphatic hydroxyl groups is 1. The average molecular weight is 257 g/mol. The number of methoxy groups -OCH3 is 1. The second-order valence-electron chi connectivity index (χ2n) is 4.90. The van der Waals surface area contributed by atoms with Crippen LogP contribution in [0.15, 0.2) is 36.7 Å². The topological polar surface area (TPSA) is 42.4 Å². The van der Waals surface area contributed by atoms with Gasteiger partial charge in [-0.15, -0.1) is 0 Å². The van der Waals surface area contributed by atoms with Crippen LogP contribution in [-0.4, -0.2) is 17.2 Å². The summed E-state index contributed by atoms with van der Waals surface area (Å²) in [6.45, 7) is 5.79. The first-order valence-corrected chi connectivity index (χ1v) is 6.26. The number of ether oxygens (including phenoxy) is 1. The molecule has 2 rings (SSSR count). The summed E-state index contributed by atoms with van der Waals surface area (Å²) in [5.74, 6) is 0.730. The summed E-state index contributed by atoms with van der Waals surface area (Å²) in [5, 5.41) is 10.9. The van der Waals surface area contributed by atoms with Gasteiger partial charge in [-0.25, -0.2) is 0 Å². The van der Waals surface area contributed by atoms with Crippen LogP contribution < -0.4 is 4.74 Å². The summed E-state index contributed by atoms with van der Waals surface area (Å²) in [6, 6.07) is 7.59. The molecule has 0 spiro atoms. The van der Waals surface area contributed by atoms with Gasteiger partial charge in [-0.05, 0) is 38.0 Å². The number of hydrogen-bond donors (Lipinski definition) is 1. The molecule has 0 fully saturated rings. The van der Waals surface area contributed by atoms with Crippen LogP contribution in [0, 0.1) is 13.8 Å². The molecule has 1 aromatic carbocycles. The Kier molecular flexibility index (Phi) is 3.58. The fourth-order valence-electron chi connectivity index (χ4n) is 2.24. The number of benzene rings is 1. The van der Waals surface area contributed by atoms with Crippen LogP contribution in [0.2, 0.25) is 0 Å². The molecule has 0 aliphatic carbocycles. The fraction of sp³-hybridized carbons (Fsp3) is 0.312. The molecular weight excluding hydrogens is 238 g/mol. The zero-order valence-corrected chi connectivity index (χ0v) is 11.8. The molecule has 0 saturated carbocycles. The first-order valence-electron chi connectivity index (χ1n) is 6.26. The van der Waals surface area contributed by atoms with Crippen molar-refractivity contribution in [1.29, 1.82) is 0 Å². The summed E-state index contributed by atoms with van der Waals surface area (Å²) in [4.78, 5) is 4.07. The van der Waals surface area contributed by atoms with Crippen LogP contribution in [-0.2, 0) is 5.60 Å². The average Bonchev–Trinajstić information content (AvgIpc) is 2.42. The van der Waals surface area contributed by atoms with Gasteiger partial charge in [0.15, 0.2) is 0 Å². The van der Waals surface area contributed by atoms with Gasteiger partial charge in [0.05, 0.1) is 7.11 Å². The second-order valence-corrected chi connectivity index (χ2v) is 4.90. The molecule has 3 heteroatoms. The van der Waals surface area contributed by atoms with Gasteiger partial charge in [0, 0.05) is 23.5 Å². The highest BCUT2D eigenvalue weighted by molar-refractivity contribution is 5.50. The summed E-state index contributed by atoms with van der Waals surface area (Å²) in [6.07, 6.45) is 3.37. The maximum absolute atomic E-state index is 10.9. The lowest BCUT2D eigenvalue weighted by Crippen LogP contribution is -2.24. The zero-order valence-electron chi connectivity index (χ0n) is 11.8. The van der Waals surface area contributed by atoms with E-state index in [2.05, 4.69) is 4.98 Å². The van der Waals surface area contributed by atoms with Crippen molar-refractivity contribution in [2.45, 2.75) is 26.4 Å². The molecule has 1 aromatic heterocycles. The molecule has 0 amide bonds. The molecule has 0 aliphatic heterocycles. The Morgan fingerprint density at radius 1 is 1.21 bits per heavy atom. The number of pyridine rings is 1. The van der Waals surface area contributed by atoms with Crippen molar-refractivity contribution in [2.24, 2.45) is 0 Å². The Morgan fingerprint density at radius 3 is 2.53 bits per heavy atom. The largest absolute Gasteiger partial charge is 0.496 e. The minimum Gasteiger partial charge on any atom is -0.496 e. The lowest BCUT2D eigenvalue weighted by atomic mass is 9.86. The smallest absolute Gasteiger partial charge is 0.128 e. The van der Waals surface area contributed by atoms with E-state index in [1.54, 1.807) is 26.4 Å². The monoisotopic (exact) mass is 257 g/mol. The van der Waals surface area contributed by atoms with Crippen molar-refractivity contribution in [3.8, 4) is 5.75 Å². The van der Waals surface area contributed by atoms with Crippen molar-refractivity contribution >= 4 is 0 Å². The normalized spacial score (nSPS) is 13.9. The quantitative estimate of drug-likeness (QED) is 0.919. The predicted octanol–water partition coefficient (Wildman–Crippen LogP) is 2.96. The van der Waals surface area contributed by atoms with Crippen molar-refractivity contribution in [2.75, 3.05) is 7.11 Å². The maximum atomic E-state index is 10.9. The van der Waals surface area contributed by atoms with E-state index in [4.69, 9.17) is 4.74 Å². The standard InChI is InChI=1S/C16H19NO2/c1-11-7-8-14(15(19-4)12(11)2)16(3,18)13-6-5-9-17-10-13/h5-10,18H,1-4H3. The van der Waals surface area contributed by atoms with Gasteiger partial charge in [-0.1, -0.05) is 18.2 Å². The van der Waals surface area contributed by atoms with Gasteiger partial charge in [-0.2, -0.15) is 0 Å². The molecule has 1 unspecified atom stereocenters. The second kappa shape index (κ2) is 5.02. The highest BCUT2D eigenvalue weighted by Gasteiger charge is 2.30. The molecular formula is C16H19NO2. The van der Waals surface area contributed by atoms with Gasteiger partial charge in [0.2, 0.25) is 0 Å². The third-order valence-electron chi connectivity index (χ3n) is 3.63. The molecule has 0 bridgehead atoms. The van der Waals surface area contributed by atoms with E-state index in [9.17, 15) is 5.11 Å². The Hall–Kier alpha value is -1.87. The molecule has 0 saturated heterocycles. The molecule has 0 aliphatic rings. The molecule has 0 radical (unpaired) electrons. The van der Waals surface area contributed by atoms with Gasteiger partial charge in [0.1, 0.15) is 11.4 Å². The van der Waals surface area contributed by atoms with E-state index in [-0.39, 0.29) is 0 Å². The summed E-state index contributed by atoms with van der Waals surface area (Å²) >= 11 is 0. The summed E-state index contributed by atoms with van der Waals surface area (Å²) < 4.78 is 5.48. The van der Waals surface area contributed by atoms with E-state index >= 15 is 0 Å². The Morgan fingerprint density at radius 2 is 1.95 bits per heavy atom. The molecule has 1 N–H and O–H groups in total. The van der Waals surface area contributed by atoms with Crippen molar-refractivity contribution < 1.29 is 9.84 Å². The van der Waals surface area contributed by atoms with Crippen molar-refractivity contribution in [3.05, 3.63) is 58.9 Å². The minimum absolute atomic E-state index is 0.730. The van der Waals surface area contributed by atoms with Crippen LogP contribution in [0.25, 0.3) is 0 Å². The highest BCUT2D eigenvalue weighted by Crippen LogP contribution is 2.37. The van der Waals surface area contributed by atoms with Gasteiger partial charge in [0.25, 0.3) is 0 Å². The lowest BCUT2D eigenvalue weighted by molar-refractivity contribution is 0.0984. The zero-order chi connectivity index (χ0) is 14.0. The van der Waals surface area contributed by atoms with Gasteiger partial charge in [-0.3, -0.25) is 4.98 Å². The Bertz CT molecular complexity index is 577. The van der Waals surface area contributed by atoms with Crippen molar-refractivity contribution in [3.63, 3.8) is 0 Å². The Labute approximate surface area is 113 Å². The molecule has 100 valence electrons. The van der Waals surface area contributed by atoms with Gasteiger partial charge < -0.3 is 9.84 Å². The molecule has 3 nitrogen and oxygen atoms in total. The first kappa shape index (κ1) is 13.6. The lowest BCUT2D eigenvalue weighted by Gasteiger charge is -2.27. The van der Waals surface area contributed by atoms with Crippen LogP contribution in [0.3, 0.4) is 0 Å². The third kappa shape index (κ3) is 2.34. The molecule has 2 aromatic rings. The summed E-state index contributed by atoms with van der Waals surface area (Å²) in [7, 11) is 1.63.